The number of fused-ring (bicyclic) bond motifs is 1. The van der Waals surface area contributed by atoms with Gasteiger partial charge >= 0.3 is 0 Å². The number of amides is 1. The number of benzene rings is 1. The SMILES string of the molecule is Cc1cc(C(=O)Nc2cc(-c3cn4cccnc4n3)ccc2C)no1. The molecule has 1 N–H and O–H groups in total. The van der Waals surface area contributed by atoms with Crippen LogP contribution in [0.3, 0.4) is 0 Å². The van der Waals surface area contributed by atoms with Gasteiger partial charge in [-0.2, -0.15) is 0 Å². The Balaban J connectivity index is 1.67. The van der Waals surface area contributed by atoms with Crippen molar-refractivity contribution in [3.05, 3.63) is 65.9 Å². The molecule has 1 aromatic carbocycles. The van der Waals surface area contributed by atoms with Crippen molar-refractivity contribution >= 4 is 17.4 Å². The summed E-state index contributed by atoms with van der Waals surface area (Å²) in [6, 6.07) is 9.24. The van der Waals surface area contributed by atoms with Crippen LogP contribution in [0.2, 0.25) is 0 Å². The van der Waals surface area contributed by atoms with Gasteiger partial charge in [0.1, 0.15) is 5.76 Å². The molecule has 1 amide bonds. The van der Waals surface area contributed by atoms with Crippen molar-refractivity contribution in [1.82, 2.24) is 19.5 Å². The Morgan fingerprint density at radius 1 is 1.24 bits per heavy atom. The monoisotopic (exact) mass is 333 g/mol. The summed E-state index contributed by atoms with van der Waals surface area (Å²) in [4.78, 5) is 21.0. The van der Waals surface area contributed by atoms with E-state index in [0.29, 0.717) is 17.2 Å². The average Bonchev–Trinajstić information content (AvgIpc) is 3.23. The van der Waals surface area contributed by atoms with Crippen molar-refractivity contribution in [1.29, 1.82) is 0 Å². The molecule has 0 atom stereocenters. The van der Waals surface area contributed by atoms with E-state index in [1.165, 1.54) is 0 Å². The minimum atomic E-state index is -0.311. The van der Waals surface area contributed by atoms with Crippen LogP contribution in [0.25, 0.3) is 17.0 Å². The number of hydrogen-bond donors (Lipinski definition) is 1. The fourth-order valence-electron chi connectivity index (χ4n) is 2.54. The third-order valence-corrected chi connectivity index (χ3v) is 3.88. The molecule has 7 heteroatoms. The lowest BCUT2D eigenvalue weighted by molar-refractivity contribution is 0.101. The maximum atomic E-state index is 12.3. The lowest BCUT2D eigenvalue weighted by atomic mass is 10.1. The maximum absolute atomic E-state index is 12.3. The maximum Gasteiger partial charge on any atom is 0.277 e. The predicted octanol–water partition coefficient (Wildman–Crippen LogP) is 3.25. The molecule has 0 aliphatic carbocycles. The first kappa shape index (κ1) is 15.1. The largest absolute Gasteiger partial charge is 0.361 e. The van der Waals surface area contributed by atoms with Crippen molar-refractivity contribution in [2.45, 2.75) is 13.8 Å². The summed E-state index contributed by atoms with van der Waals surface area (Å²) in [5, 5.41) is 6.61. The Morgan fingerprint density at radius 3 is 2.88 bits per heavy atom. The first-order valence-electron chi connectivity index (χ1n) is 7.75. The molecular weight excluding hydrogens is 318 g/mol. The topological polar surface area (TPSA) is 85.3 Å². The van der Waals surface area contributed by atoms with E-state index in [1.54, 1.807) is 19.2 Å². The fraction of sp³-hybridized carbons (Fsp3) is 0.111. The van der Waals surface area contributed by atoms with Crippen LogP contribution in [0.1, 0.15) is 21.8 Å². The van der Waals surface area contributed by atoms with Crippen molar-refractivity contribution in [2.24, 2.45) is 0 Å². The number of anilines is 1. The summed E-state index contributed by atoms with van der Waals surface area (Å²) in [5.41, 5.74) is 3.57. The van der Waals surface area contributed by atoms with E-state index in [2.05, 4.69) is 20.4 Å². The second kappa shape index (κ2) is 5.86. The molecular formula is C18H15N5O2. The minimum absolute atomic E-state index is 0.249. The average molecular weight is 333 g/mol. The molecule has 3 aromatic heterocycles. The number of rotatable bonds is 3. The Labute approximate surface area is 143 Å². The summed E-state index contributed by atoms with van der Waals surface area (Å²) >= 11 is 0. The zero-order valence-electron chi connectivity index (χ0n) is 13.7. The summed E-state index contributed by atoms with van der Waals surface area (Å²) in [6.45, 7) is 3.67. The standard InChI is InChI=1S/C18H15N5O2/c1-11-4-5-13(16-10-23-7-3-6-19-18(23)21-16)9-14(11)20-17(24)15-8-12(2)25-22-15/h3-10H,1-2H3,(H,20,24). The molecule has 0 bridgehead atoms. The molecule has 0 saturated heterocycles. The molecule has 4 rings (SSSR count). The van der Waals surface area contributed by atoms with Gasteiger partial charge < -0.3 is 9.84 Å². The number of aromatic nitrogens is 4. The predicted molar refractivity (Wildman–Crippen MR) is 92.4 cm³/mol. The molecule has 124 valence electrons. The molecule has 0 spiro atoms. The normalized spacial score (nSPS) is 11.0. The molecule has 0 radical (unpaired) electrons. The van der Waals surface area contributed by atoms with Crippen LogP contribution in [0.15, 0.2) is 53.4 Å². The molecule has 0 unspecified atom stereocenters. The summed E-state index contributed by atoms with van der Waals surface area (Å²) in [7, 11) is 0. The molecule has 0 aliphatic rings. The van der Waals surface area contributed by atoms with Crippen LogP contribution >= 0.6 is 0 Å². The van der Waals surface area contributed by atoms with E-state index in [0.717, 1.165) is 16.8 Å². The van der Waals surface area contributed by atoms with Gasteiger partial charge in [0, 0.05) is 35.9 Å². The number of hydrogen-bond acceptors (Lipinski definition) is 5. The number of nitrogens with one attached hydrogen (secondary N) is 1. The van der Waals surface area contributed by atoms with Crippen LogP contribution in [0, 0.1) is 13.8 Å². The lowest BCUT2D eigenvalue weighted by Crippen LogP contribution is -2.13. The van der Waals surface area contributed by atoms with E-state index in [4.69, 9.17) is 4.52 Å². The summed E-state index contributed by atoms with van der Waals surface area (Å²) < 4.78 is 6.80. The van der Waals surface area contributed by atoms with Crippen LogP contribution in [-0.4, -0.2) is 25.4 Å². The van der Waals surface area contributed by atoms with Crippen molar-refractivity contribution in [2.75, 3.05) is 5.32 Å². The Morgan fingerprint density at radius 2 is 2.12 bits per heavy atom. The van der Waals surface area contributed by atoms with Gasteiger partial charge in [-0.1, -0.05) is 17.3 Å². The van der Waals surface area contributed by atoms with Gasteiger partial charge in [0.05, 0.1) is 5.69 Å². The van der Waals surface area contributed by atoms with E-state index < -0.39 is 0 Å². The van der Waals surface area contributed by atoms with E-state index in [-0.39, 0.29) is 11.6 Å². The molecule has 0 saturated carbocycles. The van der Waals surface area contributed by atoms with Gasteiger partial charge in [-0.15, -0.1) is 0 Å². The van der Waals surface area contributed by atoms with E-state index in [1.807, 2.05) is 48.0 Å². The van der Waals surface area contributed by atoms with E-state index in [9.17, 15) is 4.79 Å². The zero-order chi connectivity index (χ0) is 17.4. The van der Waals surface area contributed by atoms with Crippen LogP contribution in [0.4, 0.5) is 5.69 Å². The Bertz CT molecular complexity index is 1050. The van der Waals surface area contributed by atoms with E-state index >= 15 is 0 Å². The highest BCUT2D eigenvalue weighted by atomic mass is 16.5. The van der Waals surface area contributed by atoms with Crippen molar-refractivity contribution in [3.8, 4) is 11.3 Å². The van der Waals surface area contributed by atoms with Gasteiger partial charge in [0.2, 0.25) is 5.78 Å². The molecule has 3 heterocycles. The highest BCUT2D eigenvalue weighted by Crippen LogP contribution is 2.25. The van der Waals surface area contributed by atoms with Crippen molar-refractivity contribution < 1.29 is 9.32 Å². The second-order valence-corrected chi connectivity index (χ2v) is 5.76. The molecule has 0 aliphatic heterocycles. The molecule has 4 aromatic rings. The Hall–Kier alpha value is -3.48. The molecule has 7 nitrogen and oxygen atoms in total. The Kier molecular flexibility index (Phi) is 3.53. The summed E-state index contributed by atoms with van der Waals surface area (Å²) in [5.74, 6) is 0.906. The second-order valence-electron chi connectivity index (χ2n) is 5.76. The fourth-order valence-corrected chi connectivity index (χ4v) is 2.54. The van der Waals surface area contributed by atoms with Crippen molar-refractivity contribution in [3.63, 3.8) is 0 Å². The molecule has 25 heavy (non-hydrogen) atoms. The first-order chi connectivity index (χ1) is 12.1. The minimum Gasteiger partial charge on any atom is -0.361 e. The third-order valence-electron chi connectivity index (χ3n) is 3.88. The summed E-state index contributed by atoms with van der Waals surface area (Å²) in [6.07, 6.45) is 5.50. The quantitative estimate of drug-likeness (QED) is 0.622. The highest BCUT2D eigenvalue weighted by Gasteiger charge is 2.13. The van der Waals surface area contributed by atoms with Gasteiger partial charge in [0.15, 0.2) is 5.69 Å². The first-order valence-corrected chi connectivity index (χ1v) is 7.75. The van der Waals surface area contributed by atoms with Crippen LogP contribution in [-0.2, 0) is 0 Å². The highest BCUT2D eigenvalue weighted by molar-refractivity contribution is 6.03. The van der Waals surface area contributed by atoms with Crippen LogP contribution < -0.4 is 5.32 Å². The van der Waals surface area contributed by atoms with Crippen LogP contribution in [0.5, 0.6) is 0 Å². The molecule has 0 fully saturated rings. The lowest BCUT2D eigenvalue weighted by Gasteiger charge is -2.08. The van der Waals surface area contributed by atoms with Gasteiger partial charge in [-0.05, 0) is 31.5 Å². The zero-order valence-corrected chi connectivity index (χ0v) is 13.7. The van der Waals surface area contributed by atoms with Gasteiger partial charge in [-0.3, -0.25) is 9.20 Å². The number of imidazole rings is 1. The third kappa shape index (κ3) is 2.87. The number of nitrogens with zero attached hydrogens (tertiary/aromatic N) is 4. The smallest absolute Gasteiger partial charge is 0.277 e. The van der Waals surface area contributed by atoms with Gasteiger partial charge in [-0.25, -0.2) is 9.97 Å². The number of carbonyl (C=O) groups excluding carboxylic acids is 1. The van der Waals surface area contributed by atoms with Gasteiger partial charge in [0.25, 0.3) is 5.91 Å². The number of carbonyl (C=O) groups is 1. The number of aryl methyl sites for hydroxylation is 2.